The minimum atomic E-state index is -3.13. The van der Waals surface area contributed by atoms with E-state index in [0.717, 1.165) is 25.7 Å². The van der Waals surface area contributed by atoms with Gasteiger partial charge in [-0.2, -0.15) is 4.98 Å². The second-order valence-corrected chi connectivity index (χ2v) is 8.29. The summed E-state index contributed by atoms with van der Waals surface area (Å²) >= 11 is 0. The summed E-state index contributed by atoms with van der Waals surface area (Å²) in [5.74, 6) is 0.224. The molecule has 2 N–H and O–H groups in total. The van der Waals surface area contributed by atoms with E-state index in [9.17, 15) is 12.8 Å². The zero-order valence-electron chi connectivity index (χ0n) is 13.6. The van der Waals surface area contributed by atoms with Crippen molar-refractivity contribution < 1.29 is 17.2 Å². The van der Waals surface area contributed by atoms with Crippen molar-refractivity contribution in [2.75, 3.05) is 17.6 Å². The van der Waals surface area contributed by atoms with E-state index in [1.807, 2.05) is 0 Å². The Bertz CT molecular complexity index is 798. The van der Waals surface area contributed by atoms with Crippen LogP contribution in [0, 0.1) is 11.7 Å². The van der Waals surface area contributed by atoms with Gasteiger partial charge in [-0.05, 0) is 50.7 Å². The lowest BCUT2D eigenvalue weighted by atomic mass is 9.86. The number of benzene rings is 1. The quantitative estimate of drug-likeness (QED) is 0.832. The van der Waals surface area contributed by atoms with Crippen molar-refractivity contribution in [1.82, 2.24) is 9.71 Å². The van der Waals surface area contributed by atoms with E-state index in [4.69, 9.17) is 4.42 Å². The molecule has 0 aliphatic heterocycles. The van der Waals surface area contributed by atoms with Gasteiger partial charge in [0.25, 0.3) is 6.01 Å². The summed E-state index contributed by atoms with van der Waals surface area (Å²) in [6, 6.07) is 4.68. The van der Waals surface area contributed by atoms with Crippen LogP contribution in [0.1, 0.15) is 32.6 Å². The maximum atomic E-state index is 13.2. The average Bonchev–Trinajstić information content (AvgIpc) is 2.96. The van der Waals surface area contributed by atoms with Crippen LogP contribution in [0.2, 0.25) is 0 Å². The molecular weight excluding hydrogens is 333 g/mol. The molecule has 1 aromatic carbocycles. The summed E-state index contributed by atoms with van der Waals surface area (Å²) in [6.07, 6.45) is 3.56. The summed E-state index contributed by atoms with van der Waals surface area (Å²) < 4.78 is 44.6. The fourth-order valence-corrected chi connectivity index (χ4v) is 3.94. The van der Waals surface area contributed by atoms with Gasteiger partial charge in [0.15, 0.2) is 5.58 Å². The van der Waals surface area contributed by atoms with Crippen LogP contribution in [-0.2, 0) is 10.0 Å². The maximum absolute atomic E-state index is 13.2. The normalized spacial score (nSPS) is 21.9. The Balaban J connectivity index is 1.49. The topological polar surface area (TPSA) is 84.2 Å². The van der Waals surface area contributed by atoms with Crippen LogP contribution in [0.15, 0.2) is 22.6 Å². The first-order valence-corrected chi connectivity index (χ1v) is 9.90. The molecule has 1 fully saturated rings. The lowest BCUT2D eigenvalue weighted by molar-refractivity contribution is 0.323. The van der Waals surface area contributed by atoms with Crippen molar-refractivity contribution >= 4 is 27.1 Å². The van der Waals surface area contributed by atoms with E-state index in [1.54, 1.807) is 13.0 Å². The predicted molar refractivity (Wildman–Crippen MR) is 90.8 cm³/mol. The van der Waals surface area contributed by atoms with E-state index >= 15 is 0 Å². The molecule has 0 amide bonds. The Labute approximate surface area is 140 Å². The summed E-state index contributed by atoms with van der Waals surface area (Å²) in [5, 5.41) is 3.16. The van der Waals surface area contributed by atoms with E-state index in [0.29, 0.717) is 29.6 Å². The van der Waals surface area contributed by atoms with Crippen LogP contribution in [0.3, 0.4) is 0 Å². The number of oxazole rings is 1. The van der Waals surface area contributed by atoms with Crippen LogP contribution in [-0.4, -0.2) is 31.7 Å². The third-order valence-electron chi connectivity index (χ3n) is 4.46. The molecule has 0 spiro atoms. The van der Waals surface area contributed by atoms with E-state index in [1.165, 1.54) is 12.1 Å². The van der Waals surface area contributed by atoms with Crippen molar-refractivity contribution in [2.45, 2.75) is 38.6 Å². The van der Waals surface area contributed by atoms with Gasteiger partial charge in [0.2, 0.25) is 10.0 Å². The number of hydrogen-bond acceptors (Lipinski definition) is 5. The van der Waals surface area contributed by atoms with Crippen molar-refractivity contribution in [3.05, 3.63) is 24.0 Å². The molecule has 1 aromatic heterocycles. The highest BCUT2D eigenvalue weighted by Crippen LogP contribution is 2.26. The van der Waals surface area contributed by atoms with Crippen LogP contribution in [0.4, 0.5) is 10.4 Å². The molecule has 6 nitrogen and oxygen atoms in total. The zero-order valence-corrected chi connectivity index (χ0v) is 14.4. The minimum absolute atomic E-state index is 0.0403. The number of fused-ring (bicyclic) bond motifs is 1. The fraction of sp³-hybridized carbons (Fsp3) is 0.562. The molecule has 1 saturated carbocycles. The molecular formula is C16H22FN3O3S. The van der Waals surface area contributed by atoms with Crippen LogP contribution >= 0.6 is 0 Å². The van der Waals surface area contributed by atoms with Crippen molar-refractivity contribution in [3.8, 4) is 0 Å². The Hall–Kier alpha value is -1.67. The number of rotatable bonds is 6. The molecule has 8 heteroatoms. The van der Waals surface area contributed by atoms with Gasteiger partial charge in [-0.25, -0.2) is 17.5 Å². The molecule has 132 valence electrons. The first kappa shape index (κ1) is 17.2. The van der Waals surface area contributed by atoms with Gasteiger partial charge < -0.3 is 9.73 Å². The average molecular weight is 355 g/mol. The minimum Gasteiger partial charge on any atom is -0.424 e. The zero-order chi connectivity index (χ0) is 17.2. The van der Waals surface area contributed by atoms with Crippen LogP contribution in [0.25, 0.3) is 11.1 Å². The monoisotopic (exact) mass is 355 g/mol. The molecule has 0 unspecified atom stereocenters. The van der Waals surface area contributed by atoms with Crippen molar-refractivity contribution in [3.63, 3.8) is 0 Å². The van der Waals surface area contributed by atoms with Gasteiger partial charge in [-0.15, -0.1) is 0 Å². The van der Waals surface area contributed by atoms with Gasteiger partial charge in [-0.3, -0.25) is 0 Å². The highest BCUT2D eigenvalue weighted by Gasteiger charge is 2.24. The largest absolute Gasteiger partial charge is 0.424 e. The second kappa shape index (κ2) is 7.06. The Morgan fingerprint density at radius 3 is 2.75 bits per heavy atom. The highest BCUT2D eigenvalue weighted by molar-refractivity contribution is 7.89. The number of nitrogens with zero attached hydrogens (tertiary/aromatic N) is 1. The Kier molecular flexibility index (Phi) is 5.05. The molecule has 0 atom stereocenters. The predicted octanol–water partition coefficient (Wildman–Crippen LogP) is 2.88. The molecule has 0 radical (unpaired) electrons. The molecule has 2 aromatic rings. The summed E-state index contributed by atoms with van der Waals surface area (Å²) in [6.45, 7) is 2.35. The third-order valence-corrected chi connectivity index (χ3v) is 5.92. The number of hydrogen-bond donors (Lipinski definition) is 2. The smallest absolute Gasteiger partial charge is 0.295 e. The second-order valence-electron chi connectivity index (χ2n) is 6.25. The molecule has 1 aliphatic rings. The van der Waals surface area contributed by atoms with E-state index in [-0.39, 0.29) is 17.6 Å². The van der Waals surface area contributed by atoms with Crippen molar-refractivity contribution in [1.29, 1.82) is 0 Å². The molecule has 0 bridgehead atoms. The molecule has 1 aliphatic carbocycles. The van der Waals surface area contributed by atoms with Gasteiger partial charge in [0.1, 0.15) is 11.3 Å². The SMILES string of the molecule is CCS(=O)(=O)N[C@H]1CC[C@H](CNc2nc3cc(F)ccc3o2)CC1. The maximum Gasteiger partial charge on any atom is 0.295 e. The van der Waals surface area contributed by atoms with Crippen LogP contribution < -0.4 is 10.0 Å². The Morgan fingerprint density at radius 2 is 2.04 bits per heavy atom. The summed E-state index contributed by atoms with van der Waals surface area (Å²) in [4.78, 5) is 4.22. The summed E-state index contributed by atoms with van der Waals surface area (Å²) in [5.41, 5.74) is 1.05. The van der Waals surface area contributed by atoms with Crippen LogP contribution in [0.5, 0.6) is 0 Å². The standard InChI is InChI=1S/C16H22FN3O3S/c1-2-24(21,22)20-13-6-3-11(4-7-13)10-18-16-19-14-9-12(17)5-8-15(14)23-16/h5,8-9,11,13,20H,2-4,6-7,10H2,1H3,(H,18,19)/t11-,13-. The third kappa shape index (κ3) is 4.24. The number of nitrogens with one attached hydrogen (secondary N) is 2. The first-order valence-electron chi connectivity index (χ1n) is 8.25. The van der Waals surface area contributed by atoms with Gasteiger partial charge >= 0.3 is 0 Å². The molecule has 0 saturated heterocycles. The van der Waals surface area contributed by atoms with Gasteiger partial charge in [0.05, 0.1) is 5.75 Å². The van der Waals surface area contributed by atoms with E-state index < -0.39 is 10.0 Å². The number of aromatic nitrogens is 1. The van der Waals surface area contributed by atoms with E-state index in [2.05, 4.69) is 15.0 Å². The Morgan fingerprint density at radius 1 is 1.29 bits per heavy atom. The lowest BCUT2D eigenvalue weighted by Crippen LogP contribution is -2.39. The van der Waals surface area contributed by atoms with Gasteiger partial charge in [-0.1, -0.05) is 0 Å². The molecule has 3 rings (SSSR count). The molecule has 24 heavy (non-hydrogen) atoms. The summed E-state index contributed by atoms with van der Waals surface area (Å²) in [7, 11) is -3.13. The fourth-order valence-electron chi connectivity index (χ4n) is 3.03. The lowest BCUT2D eigenvalue weighted by Gasteiger charge is -2.28. The number of sulfonamides is 1. The van der Waals surface area contributed by atoms with Crippen molar-refractivity contribution in [2.24, 2.45) is 5.92 Å². The number of halogens is 1. The number of anilines is 1. The first-order chi connectivity index (χ1) is 11.4. The van der Waals surface area contributed by atoms with Gasteiger partial charge in [0, 0.05) is 18.7 Å². The molecule has 1 heterocycles. The highest BCUT2D eigenvalue weighted by atomic mass is 32.2.